The molecule has 1 saturated heterocycles. The average Bonchev–Trinajstić information content (AvgIpc) is 3.05. The molecule has 1 aliphatic heterocycles. The lowest BCUT2D eigenvalue weighted by Gasteiger charge is -2.32. The maximum absolute atomic E-state index is 5.53. The first kappa shape index (κ1) is 17.7. The number of nitrogens with zero attached hydrogens (tertiary/aromatic N) is 5. The van der Waals surface area contributed by atoms with Gasteiger partial charge in [-0.2, -0.15) is 0 Å². The molecule has 0 amide bonds. The standard InChI is InChI=1S/C18H28N6O/c1-13(2)18-15(21-12-25-18)10-24-7-5-14(6-8-24)22-16-9-17(23(3)4)20-11-19-16/h9,11-14H,5-8,10H2,1-4H3,(H,19,20,22). The van der Waals surface area contributed by atoms with Crippen molar-refractivity contribution in [2.24, 2.45) is 0 Å². The van der Waals surface area contributed by atoms with Gasteiger partial charge in [-0.1, -0.05) is 13.8 Å². The van der Waals surface area contributed by atoms with Crippen molar-refractivity contribution in [3.8, 4) is 0 Å². The molecule has 3 heterocycles. The first-order valence-corrected chi connectivity index (χ1v) is 8.93. The fraction of sp³-hybridized carbons (Fsp3) is 0.611. The fourth-order valence-electron chi connectivity index (χ4n) is 3.19. The highest BCUT2D eigenvalue weighted by atomic mass is 16.3. The summed E-state index contributed by atoms with van der Waals surface area (Å²) in [6, 6.07) is 2.44. The lowest BCUT2D eigenvalue weighted by Crippen LogP contribution is -2.39. The minimum absolute atomic E-state index is 0.375. The molecule has 3 rings (SSSR count). The van der Waals surface area contributed by atoms with Gasteiger partial charge >= 0.3 is 0 Å². The number of piperidine rings is 1. The Bertz CT molecular complexity index is 676. The van der Waals surface area contributed by atoms with Crippen LogP contribution in [0, 0.1) is 0 Å². The van der Waals surface area contributed by atoms with Crippen LogP contribution in [0.3, 0.4) is 0 Å². The molecule has 1 fully saturated rings. The summed E-state index contributed by atoms with van der Waals surface area (Å²) in [6.07, 6.45) is 5.37. The Morgan fingerprint density at radius 2 is 2.00 bits per heavy atom. The summed E-state index contributed by atoms with van der Waals surface area (Å²) in [6.45, 7) is 7.25. The number of nitrogens with one attached hydrogen (secondary N) is 1. The predicted octanol–water partition coefficient (Wildman–Crippen LogP) is 2.73. The first-order valence-electron chi connectivity index (χ1n) is 8.93. The molecule has 0 spiro atoms. The zero-order chi connectivity index (χ0) is 17.8. The van der Waals surface area contributed by atoms with Gasteiger partial charge in [-0.05, 0) is 12.8 Å². The zero-order valence-electron chi connectivity index (χ0n) is 15.6. The van der Waals surface area contributed by atoms with Crippen LogP contribution in [0.5, 0.6) is 0 Å². The Hall–Kier alpha value is -2.15. The second-order valence-electron chi connectivity index (χ2n) is 7.17. The van der Waals surface area contributed by atoms with Crippen LogP contribution in [0.15, 0.2) is 23.2 Å². The highest BCUT2D eigenvalue weighted by molar-refractivity contribution is 5.47. The van der Waals surface area contributed by atoms with E-state index in [1.807, 2.05) is 25.1 Å². The van der Waals surface area contributed by atoms with E-state index in [0.29, 0.717) is 12.0 Å². The van der Waals surface area contributed by atoms with Gasteiger partial charge in [0.15, 0.2) is 6.39 Å². The minimum atomic E-state index is 0.375. The summed E-state index contributed by atoms with van der Waals surface area (Å²) in [7, 11) is 3.97. The van der Waals surface area contributed by atoms with Gasteiger partial charge in [-0.25, -0.2) is 15.0 Å². The van der Waals surface area contributed by atoms with E-state index in [-0.39, 0.29) is 0 Å². The van der Waals surface area contributed by atoms with Gasteiger partial charge in [0.25, 0.3) is 0 Å². The molecule has 2 aromatic rings. The van der Waals surface area contributed by atoms with Crippen LogP contribution in [-0.4, -0.2) is 53.1 Å². The molecular formula is C18H28N6O. The summed E-state index contributed by atoms with van der Waals surface area (Å²) < 4.78 is 5.53. The van der Waals surface area contributed by atoms with Gasteiger partial charge in [-0.15, -0.1) is 0 Å². The third-order valence-electron chi connectivity index (χ3n) is 4.62. The van der Waals surface area contributed by atoms with Crippen LogP contribution in [0.1, 0.15) is 44.1 Å². The molecule has 1 N–H and O–H groups in total. The molecule has 0 atom stereocenters. The van der Waals surface area contributed by atoms with Crippen LogP contribution in [-0.2, 0) is 6.54 Å². The van der Waals surface area contributed by atoms with E-state index in [1.54, 1.807) is 12.7 Å². The molecule has 0 unspecified atom stereocenters. The van der Waals surface area contributed by atoms with Gasteiger partial charge in [0, 0.05) is 51.8 Å². The van der Waals surface area contributed by atoms with Gasteiger partial charge in [0.1, 0.15) is 23.7 Å². The number of likely N-dealkylation sites (tertiary alicyclic amines) is 1. The lowest BCUT2D eigenvalue weighted by atomic mass is 10.0. The van der Waals surface area contributed by atoms with Crippen molar-refractivity contribution in [3.05, 3.63) is 30.2 Å². The Balaban J connectivity index is 1.52. The number of hydrogen-bond donors (Lipinski definition) is 1. The molecule has 0 radical (unpaired) electrons. The van der Waals surface area contributed by atoms with E-state index in [4.69, 9.17) is 4.42 Å². The summed E-state index contributed by atoms with van der Waals surface area (Å²) in [5.41, 5.74) is 1.08. The largest absolute Gasteiger partial charge is 0.448 e. The Kier molecular flexibility index (Phi) is 5.53. The lowest BCUT2D eigenvalue weighted by molar-refractivity contribution is 0.207. The SMILES string of the molecule is CC(C)c1ocnc1CN1CCC(Nc2cc(N(C)C)ncn2)CC1. The summed E-state index contributed by atoms with van der Waals surface area (Å²) in [5.74, 6) is 3.20. The number of anilines is 2. The topological polar surface area (TPSA) is 70.3 Å². The molecule has 2 aromatic heterocycles. The molecule has 0 bridgehead atoms. The number of oxazole rings is 1. The molecule has 7 nitrogen and oxygen atoms in total. The van der Waals surface area contributed by atoms with E-state index in [1.165, 1.54) is 0 Å². The minimum Gasteiger partial charge on any atom is -0.448 e. The van der Waals surface area contributed by atoms with Crippen molar-refractivity contribution in [3.63, 3.8) is 0 Å². The molecule has 0 saturated carbocycles. The molecule has 25 heavy (non-hydrogen) atoms. The van der Waals surface area contributed by atoms with E-state index in [9.17, 15) is 0 Å². The van der Waals surface area contributed by atoms with Crippen molar-refractivity contribution >= 4 is 11.6 Å². The summed E-state index contributed by atoms with van der Waals surface area (Å²) >= 11 is 0. The maximum atomic E-state index is 5.53. The highest BCUT2D eigenvalue weighted by Gasteiger charge is 2.22. The van der Waals surface area contributed by atoms with Gasteiger partial charge < -0.3 is 14.6 Å². The van der Waals surface area contributed by atoms with Gasteiger partial charge in [0.2, 0.25) is 0 Å². The summed E-state index contributed by atoms with van der Waals surface area (Å²) in [4.78, 5) is 17.4. The third kappa shape index (κ3) is 4.48. The Morgan fingerprint density at radius 3 is 2.68 bits per heavy atom. The Labute approximate surface area is 149 Å². The number of rotatable bonds is 6. The molecule has 136 valence electrons. The van der Waals surface area contributed by atoms with Gasteiger partial charge in [-0.3, -0.25) is 4.90 Å². The second-order valence-corrected chi connectivity index (χ2v) is 7.17. The normalized spacial score (nSPS) is 16.4. The number of aromatic nitrogens is 3. The molecule has 0 aliphatic carbocycles. The van der Waals surface area contributed by atoms with Crippen molar-refractivity contribution in [2.45, 2.75) is 45.2 Å². The van der Waals surface area contributed by atoms with Crippen LogP contribution in [0.25, 0.3) is 0 Å². The van der Waals surface area contributed by atoms with Crippen molar-refractivity contribution < 1.29 is 4.42 Å². The van der Waals surface area contributed by atoms with Gasteiger partial charge in [0.05, 0.1) is 5.69 Å². The molecule has 0 aromatic carbocycles. The molecular weight excluding hydrogens is 316 g/mol. The third-order valence-corrected chi connectivity index (χ3v) is 4.62. The average molecular weight is 344 g/mol. The smallest absolute Gasteiger partial charge is 0.181 e. The van der Waals surface area contributed by atoms with Crippen molar-refractivity contribution in [1.82, 2.24) is 19.9 Å². The Morgan fingerprint density at radius 1 is 1.24 bits per heavy atom. The zero-order valence-corrected chi connectivity index (χ0v) is 15.6. The van der Waals surface area contributed by atoms with E-state index in [2.05, 4.69) is 39.0 Å². The van der Waals surface area contributed by atoms with Crippen LogP contribution in [0.4, 0.5) is 11.6 Å². The van der Waals surface area contributed by atoms with Crippen LogP contribution >= 0.6 is 0 Å². The second kappa shape index (κ2) is 7.82. The molecule has 1 aliphatic rings. The van der Waals surface area contributed by atoms with Crippen LogP contribution in [0.2, 0.25) is 0 Å². The van der Waals surface area contributed by atoms with Crippen molar-refractivity contribution in [1.29, 1.82) is 0 Å². The highest BCUT2D eigenvalue weighted by Crippen LogP contribution is 2.22. The summed E-state index contributed by atoms with van der Waals surface area (Å²) in [5, 5.41) is 3.55. The van der Waals surface area contributed by atoms with E-state index in [0.717, 1.165) is 55.6 Å². The maximum Gasteiger partial charge on any atom is 0.181 e. The fourth-order valence-corrected chi connectivity index (χ4v) is 3.19. The predicted molar refractivity (Wildman–Crippen MR) is 98.9 cm³/mol. The monoisotopic (exact) mass is 344 g/mol. The van der Waals surface area contributed by atoms with Crippen molar-refractivity contribution in [2.75, 3.05) is 37.4 Å². The first-order chi connectivity index (χ1) is 12.0. The van der Waals surface area contributed by atoms with Crippen LogP contribution < -0.4 is 10.2 Å². The quantitative estimate of drug-likeness (QED) is 0.864. The van der Waals surface area contributed by atoms with E-state index >= 15 is 0 Å². The molecule has 7 heteroatoms. The number of hydrogen-bond acceptors (Lipinski definition) is 7. The van der Waals surface area contributed by atoms with E-state index < -0.39 is 0 Å².